The van der Waals surface area contributed by atoms with Crippen molar-refractivity contribution in [2.45, 2.75) is 26.8 Å². The van der Waals surface area contributed by atoms with Gasteiger partial charge in [0, 0.05) is 39.8 Å². The Labute approximate surface area is 110 Å². The second-order valence-electron chi connectivity index (χ2n) is 6.00. The van der Waals surface area contributed by atoms with Crippen LogP contribution in [0.3, 0.4) is 0 Å². The average Bonchev–Trinajstić information content (AvgIpc) is 2.34. The van der Waals surface area contributed by atoms with Crippen molar-refractivity contribution < 1.29 is 9.53 Å². The first kappa shape index (κ1) is 15.4. The van der Waals surface area contributed by atoms with Crippen LogP contribution >= 0.6 is 0 Å². The van der Waals surface area contributed by atoms with Crippen LogP contribution in [0.4, 0.5) is 0 Å². The van der Waals surface area contributed by atoms with Crippen molar-refractivity contribution in [3.63, 3.8) is 0 Å². The number of methoxy groups -OCH3 is 1. The molecule has 0 aromatic carbocycles. The number of hydrogen-bond donors (Lipinski definition) is 1. The number of carbonyl (C=O) groups is 1. The normalized spacial score (nSPS) is 19.9. The molecule has 1 aliphatic rings. The van der Waals surface area contributed by atoms with Gasteiger partial charge in [-0.15, -0.1) is 0 Å². The van der Waals surface area contributed by atoms with Crippen LogP contribution < -0.4 is 5.73 Å². The molecule has 5 heteroatoms. The first-order valence-electron chi connectivity index (χ1n) is 6.62. The summed E-state index contributed by atoms with van der Waals surface area (Å²) in [6.45, 7) is 11.1. The summed E-state index contributed by atoms with van der Waals surface area (Å²) in [6, 6.07) is -0.414. The van der Waals surface area contributed by atoms with Gasteiger partial charge in [-0.1, -0.05) is 20.8 Å². The third kappa shape index (κ3) is 4.23. The molecule has 106 valence electrons. The quantitative estimate of drug-likeness (QED) is 0.779. The number of amides is 1. The summed E-state index contributed by atoms with van der Waals surface area (Å²) in [4.78, 5) is 16.4. The lowest BCUT2D eigenvalue weighted by atomic mass is 9.86. The van der Waals surface area contributed by atoms with Gasteiger partial charge < -0.3 is 15.4 Å². The van der Waals surface area contributed by atoms with E-state index >= 15 is 0 Å². The minimum atomic E-state index is -0.414. The van der Waals surface area contributed by atoms with Crippen molar-refractivity contribution in [2.75, 3.05) is 46.4 Å². The third-order valence-electron chi connectivity index (χ3n) is 3.49. The molecule has 0 aromatic heterocycles. The fourth-order valence-electron chi connectivity index (χ4n) is 1.98. The van der Waals surface area contributed by atoms with Crippen molar-refractivity contribution in [1.82, 2.24) is 9.80 Å². The summed E-state index contributed by atoms with van der Waals surface area (Å²) >= 11 is 0. The highest BCUT2D eigenvalue weighted by Gasteiger charge is 2.32. The average molecular weight is 257 g/mol. The Morgan fingerprint density at radius 1 is 1.28 bits per heavy atom. The lowest BCUT2D eigenvalue weighted by Crippen LogP contribution is -2.56. The molecule has 2 N–H and O–H groups in total. The Bertz CT molecular complexity index is 268. The fourth-order valence-corrected chi connectivity index (χ4v) is 1.98. The van der Waals surface area contributed by atoms with Crippen LogP contribution in [0.25, 0.3) is 0 Å². The standard InChI is InChI=1S/C13H27N3O2/c1-13(2,3)11(14)12(17)16-7-5-15(6-8-16)9-10-18-4/h11H,5-10,14H2,1-4H3/t11-/m1/s1. The molecule has 1 saturated heterocycles. The maximum absolute atomic E-state index is 12.2. The number of nitrogens with zero attached hydrogens (tertiary/aromatic N) is 2. The van der Waals surface area contributed by atoms with E-state index in [-0.39, 0.29) is 11.3 Å². The molecular weight excluding hydrogens is 230 g/mol. The van der Waals surface area contributed by atoms with Gasteiger partial charge in [0.15, 0.2) is 0 Å². The monoisotopic (exact) mass is 257 g/mol. The second kappa shape index (κ2) is 6.50. The smallest absolute Gasteiger partial charge is 0.240 e. The number of nitrogens with two attached hydrogens (primary N) is 1. The van der Waals surface area contributed by atoms with Crippen LogP contribution in [-0.4, -0.2) is 68.2 Å². The SMILES string of the molecule is COCCN1CCN(C(=O)[C@@H](N)C(C)(C)C)CC1. The number of carbonyl (C=O) groups excluding carboxylic acids is 1. The van der Waals surface area contributed by atoms with Crippen LogP contribution in [0.1, 0.15) is 20.8 Å². The molecule has 1 heterocycles. The molecule has 0 unspecified atom stereocenters. The van der Waals surface area contributed by atoms with E-state index in [1.807, 2.05) is 25.7 Å². The van der Waals surface area contributed by atoms with Gasteiger partial charge in [0.2, 0.25) is 5.91 Å². The molecule has 1 aliphatic heterocycles. The van der Waals surface area contributed by atoms with Gasteiger partial charge in [0.05, 0.1) is 12.6 Å². The van der Waals surface area contributed by atoms with E-state index in [0.29, 0.717) is 0 Å². The predicted molar refractivity (Wildman–Crippen MR) is 72.3 cm³/mol. The highest BCUT2D eigenvalue weighted by molar-refractivity contribution is 5.82. The Kier molecular flexibility index (Phi) is 5.56. The van der Waals surface area contributed by atoms with Crippen molar-refractivity contribution in [2.24, 2.45) is 11.1 Å². The zero-order valence-electron chi connectivity index (χ0n) is 12.1. The van der Waals surface area contributed by atoms with E-state index in [1.54, 1.807) is 7.11 Å². The lowest BCUT2D eigenvalue weighted by molar-refractivity contribution is -0.136. The Hall–Kier alpha value is -0.650. The molecule has 1 atom stereocenters. The summed E-state index contributed by atoms with van der Waals surface area (Å²) < 4.78 is 5.06. The van der Waals surface area contributed by atoms with Crippen LogP contribution in [-0.2, 0) is 9.53 Å². The molecule has 0 bridgehead atoms. The number of ether oxygens (including phenoxy) is 1. The summed E-state index contributed by atoms with van der Waals surface area (Å²) in [5.74, 6) is 0.0777. The third-order valence-corrected chi connectivity index (χ3v) is 3.49. The van der Waals surface area contributed by atoms with Crippen LogP contribution in [0.15, 0.2) is 0 Å². The maximum atomic E-state index is 12.2. The minimum absolute atomic E-state index is 0.0777. The minimum Gasteiger partial charge on any atom is -0.383 e. The van der Waals surface area contributed by atoms with Gasteiger partial charge in [-0.2, -0.15) is 0 Å². The molecule has 0 aromatic rings. The zero-order valence-corrected chi connectivity index (χ0v) is 12.1. The van der Waals surface area contributed by atoms with Gasteiger partial charge in [0.25, 0.3) is 0 Å². The Balaban J connectivity index is 2.41. The van der Waals surface area contributed by atoms with Gasteiger partial charge in [-0.25, -0.2) is 0 Å². The van der Waals surface area contributed by atoms with E-state index in [0.717, 1.165) is 39.3 Å². The molecule has 1 rings (SSSR count). The largest absolute Gasteiger partial charge is 0.383 e. The first-order valence-corrected chi connectivity index (χ1v) is 6.62. The van der Waals surface area contributed by atoms with Gasteiger partial charge in [0.1, 0.15) is 0 Å². The highest BCUT2D eigenvalue weighted by Crippen LogP contribution is 2.19. The van der Waals surface area contributed by atoms with E-state index in [9.17, 15) is 4.79 Å². The van der Waals surface area contributed by atoms with E-state index in [4.69, 9.17) is 10.5 Å². The van der Waals surface area contributed by atoms with E-state index in [2.05, 4.69) is 4.90 Å². The van der Waals surface area contributed by atoms with E-state index in [1.165, 1.54) is 0 Å². The predicted octanol–water partition coefficient (Wildman–Crippen LogP) is 0.150. The molecule has 0 spiro atoms. The van der Waals surface area contributed by atoms with Crippen LogP contribution in [0, 0.1) is 5.41 Å². The lowest BCUT2D eigenvalue weighted by Gasteiger charge is -2.38. The van der Waals surface area contributed by atoms with Gasteiger partial charge in [-0.3, -0.25) is 9.69 Å². The zero-order chi connectivity index (χ0) is 13.8. The Morgan fingerprint density at radius 2 is 1.83 bits per heavy atom. The van der Waals surface area contributed by atoms with Crippen molar-refractivity contribution in [1.29, 1.82) is 0 Å². The van der Waals surface area contributed by atoms with Crippen LogP contribution in [0.5, 0.6) is 0 Å². The molecular formula is C13H27N3O2. The van der Waals surface area contributed by atoms with Crippen molar-refractivity contribution in [3.8, 4) is 0 Å². The van der Waals surface area contributed by atoms with Gasteiger partial charge in [-0.05, 0) is 5.41 Å². The van der Waals surface area contributed by atoms with E-state index < -0.39 is 6.04 Å². The van der Waals surface area contributed by atoms with Crippen LogP contribution in [0.2, 0.25) is 0 Å². The topological polar surface area (TPSA) is 58.8 Å². The number of hydrogen-bond acceptors (Lipinski definition) is 4. The van der Waals surface area contributed by atoms with Crippen molar-refractivity contribution in [3.05, 3.63) is 0 Å². The van der Waals surface area contributed by atoms with Gasteiger partial charge >= 0.3 is 0 Å². The molecule has 0 aliphatic carbocycles. The Morgan fingerprint density at radius 3 is 2.28 bits per heavy atom. The summed E-state index contributed by atoms with van der Waals surface area (Å²) in [7, 11) is 1.71. The first-order chi connectivity index (χ1) is 8.36. The maximum Gasteiger partial charge on any atom is 0.240 e. The molecule has 1 amide bonds. The fraction of sp³-hybridized carbons (Fsp3) is 0.923. The molecule has 1 fully saturated rings. The summed E-state index contributed by atoms with van der Waals surface area (Å²) in [5, 5.41) is 0. The summed E-state index contributed by atoms with van der Waals surface area (Å²) in [6.07, 6.45) is 0. The molecule has 18 heavy (non-hydrogen) atoms. The summed E-state index contributed by atoms with van der Waals surface area (Å²) in [5.41, 5.74) is 5.84. The highest BCUT2D eigenvalue weighted by atomic mass is 16.5. The number of piperazine rings is 1. The molecule has 0 radical (unpaired) electrons. The second-order valence-corrected chi connectivity index (χ2v) is 6.00. The number of rotatable bonds is 4. The van der Waals surface area contributed by atoms with Crippen molar-refractivity contribution >= 4 is 5.91 Å². The molecule has 5 nitrogen and oxygen atoms in total. The molecule has 0 saturated carbocycles.